The van der Waals surface area contributed by atoms with Crippen LogP contribution in [-0.2, 0) is 0 Å². The van der Waals surface area contributed by atoms with Crippen molar-refractivity contribution in [3.63, 3.8) is 0 Å². The fourth-order valence-electron chi connectivity index (χ4n) is 2.75. The number of nitrogens with one attached hydrogen (secondary N) is 2. The number of rotatable bonds is 4. The van der Waals surface area contributed by atoms with E-state index in [9.17, 15) is 22.8 Å². The lowest BCUT2D eigenvalue weighted by Gasteiger charge is -2.09. The van der Waals surface area contributed by atoms with Crippen LogP contribution in [0, 0.1) is 31.3 Å². The summed E-state index contributed by atoms with van der Waals surface area (Å²) in [5.41, 5.74) is 1.96. The molecular formula is C21H16F3N3O2. The van der Waals surface area contributed by atoms with Crippen LogP contribution in [0.5, 0.6) is 0 Å². The predicted molar refractivity (Wildman–Crippen MR) is 102 cm³/mol. The standard InChI is InChI=1S/C21H16F3N3O2/c1-11-7-12(2)9-14(8-11)26-20(28)13-5-6-25-17(10-13)21(29)27-16-4-3-15(22)18(23)19(16)24/h3-10H,1-2H3,(H,26,28)(H,27,29). The number of amides is 2. The van der Waals surface area contributed by atoms with E-state index >= 15 is 0 Å². The summed E-state index contributed by atoms with van der Waals surface area (Å²) in [4.78, 5) is 28.6. The topological polar surface area (TPSA) is 71.1 Å². The van der Waals surface area contributed by atoms with E-state index < -0.39 is 35.0 Å². The molecule has 0 fully saturated rings. The van der Waals surface area contributed by atoms with E-state index in [1.807, 2.05) is 19.9 Å². The van der Waals surface area contributed by atoms with Crippen molar-refractivity contribution in [1.29, 1.82) is 0 Å². The number of carbonyl (C=O) groups is 2. The first-order chi connectivity index (χ1) is 13.7. The third-order valence-corrected chi connectivity index (χ3v) is 4.02. The third-order valence-electron chi connectivity index (χ3n) is 4.02. The highest BCUT2D eigenvalue weighted by atomic mass is 19.2. The van der Waals surface area contributed by atoms with Gasteiger partial charge in [-0.15, -0.1) is 0 Å². The molecule has 0 radical (unpaired) electrons. The Bertz CT molecular complexity index is 1100. The first-order valence-electron chi connectivity index (χ1n) is 8.55. The summed E-state index contributed by atoms with van der Waals surface area (Å²) in [7, 11) is 0. The zero-order valence-electron chi connectivity index (χ0n) is 15.5. The molecule has 0 bridgehead atoms. The molecule has 2 amide bonds. The lowest BCUT2D eigenvalue weighted by atomic mass is 10.1. The van der Waals surface area contributed by atoms with Crippen LogP contribution < -0.4 is 10.6 Å². The van der Waals surface area contributed by atoms with Crippen molar-refractivity contribution in [2.75, 3.05) is 10.6 Å². The van der Waals surface area contributed by atoms with Crippen molar-refractivity contribution in [3.05, 3.63) is 88.5 Å². The maximum Gasteiger partial charge on any atom is 0.274 e. The normalized spacial score (nSPS) is 10.5. The number of halogens is 3. The molecule has 1 aromatic heterocycles. The van der Waals surface area contributed by atoms with Gasteiger partial charge in [0.15, 0.2) is 17.5 Å². The number of nitrogens with zero attached hydrogens (tertiary/aromatic N) is 1. The van der Waals surface area contributed by atoms with E-state index in [-0.39, 0.29) is 11.3 Å². The van der Waals surface area contributed by atoms with Crippen LogP contribution in [0.1, 0.15) is 32.0 Å². The number of pyridine rings is 1. The largest absolute Gasteiger partial charge is 0.322 e. The quantitative estimate of drug-likeness (QED) is 0.629. The van der Waals surface area contributed by atoms with Crippen LogP contribution in [-0.4, -0.2) is 16.8 Å². The number of hydrogen-bond donors (Lipinski definition) is 2. The lowest BCUT2D eigenvalue weighted by molar-refractivity contribution is 0.102. The Balaban J connectivity index is 1.79. The van der Waals surface area contributed by atoms with E-state index in [1.165, 1.54) is 18.3 Å². The van der Waals surface area contributed by atoms with Gasteiger partial charge in [-0.05, 0) is 61.4 Å². The molecule has 0 aliphatic heterocycles. The van der Waals surface area contributed by atoms with Crippen molar-refractivity contribution in [2.45, 2.75) is 13.8 Å². The highest BCUT2D eigenvalue weighted by molar-refractivity contribution is 6.07. The Hall–Kier alpha value is -3.68. The van der Waals surface area contributed by atoms with E-state index in [0.29, 0.717) is 11.8 Å². The van der Waals surface area contributed by atoms with Crippen LogP contribution >= 0.6 is 0 Å². The molecule has 0 atom stereocenters. The van der Waals surface area contributed by atoms with Crippen molar-refractivity contribution in [2.24, 2.45) is 0 Å². The number of hydrogen-bond acceptors (Lipinski definition) is 3. The molecule has 29 heavy (non-hydrogen) atoms. The Morgan fingerprint density at radius 1 is 0.828 bits per heavy atom. The Labute approximate surface area is 164 Å². The van der Waals surface area contributed by atoms with Gasteiger partial charge in [0, 0.05) is 17.4 Å². The molecule has 2 N–H and O–H groups in total. The van der Waals surface area contributed by atoms with Crippen molar-refractivity contribution < 1.29 is 22.8 Å². The van der Waals surface area contributed by atoms with Gasteiger partial charge in [-0.3, -0.25) is 14.6 Å². The van der Waals surface area contributed by atoms with Gasteiger partial charge in [-0.2, -0.15) is 0 Å². The molecular weight excluding hydrogens is 383 g/mol. The van der Waals surface area contributed by atoms with Gasteiger partial charge < -0.3 is 10.6 Å². The predicted octanol–water partition coefficient (Wildman–Crippen LogP) is 4.62. The van der Waals surface area contributed by atoms with Crippen molar-refractivity contribution in [3.8, 4) is 0 Å². The first kappa shape index (κ1) is 20.1. The molecule has 0 spiro atoms. The molecule has 3 rings (SSSR count). The fraction of sp³-hybridized carbons (Fsp3) is 0.0952. The maximum atomic E-state index is 13.7. The highest BCUT2D eigenvalue weighted by Gasteiger charge is 2.18. The number of carbonyl (C=O) groups excluding carboxylic acids is 2. The van der Waals surface area contributed by atoms with Gasteiger partial charge >= 0.3 is 0 Å². The Morgan fingerprint density at radius 2 is 1.52 bits per heavy atom. The minimum absolute atomic E-state index is 0.148. The number of anilines is 2. The average Bonchev–Trinajstić information content (AvgIpc) is 2.67. The minimum atomic E-state index is -1.70. The molecule has 0 saturated heterocycles. The van der Waals surface area contributed by atoms with Crippen LogP contribution in [0.2, 0.25) is 0 Å². The van der Waals surface area contributed by atoms with Gasteiger partial charge in [-0.25, -0.2) is 13.2 Å². The molecule has 0 aliphatic carbocycles. The molecule has 148 valence electrons. The van der Waals surface area contributed by atoms with Gasteiger partial charge in [0.25, 0.3) is 11.8 Å². The molecule has 0 aliphatic rings. The maximum absolute atomic E-state index is 13.7. The number of aryl methyl sites for hydroxylation is 2. The average molecular weight is 399 g/mol. The summed E-state index contributed by atoms with van der Waals surface area (Å²) in [5.74, 6) is -5.94. The van der Waals surface area contributed by atoms with Gasteiger partial charge in [0.2, 0.25) is 0 Å². The molecule has 8 heteroatoms. The summed E-state index contributed by atoms with van der Waals surface area (Å²) in [5, 5.41) is 4.84. The Kier molecular flexibility index (Phi) is 5.63. The second kappa shape index (κ2) is 8.14. The second-order valence-corrected chi connectivity index (χ2v) is 6.44. The molecule has 1 heterocycles. The van der Waals surface area contributed by atoms with Gasteiger partial charge in [0.05, 0.1) is 5.69 Å². The molecule has 0 unspecified atom stereocenters. The van der Waals surface area contributed by atoms with E-state index in [4.69, 9.17) is 0 Å². The SMILES string of the molecule is Cc1cc(C)cc(NC(=O)c2ccnc(C(=O)Nc3ccc(F)c(F)c3F)c2)c1. The molecule has 3 aromatic rings. The fourth-order valence-corrected chi connectivity index (χ4v) is 2.75. The monoisotopic (exact) mass is 399 g/mol. The summed E-state index contributed by atoms with van der Waals surface area (Å²) in [6.07, 6.45) is 1.24. The van der Waals surface area contributed by atoms with E-state index in [2.05, 4.69) is 15.6 Å². The van der Waals surface area contributed by atoms with Crippen molar-refractivity contribution >= 4 is 23.2 Å². The highest BCUT2D eigenvalue weighted by Crippen LogP contribution is 2.20. The zero-order valence-corrected chi connectivity index (χ0v) is 15.5. The third kappa shape index (κ3) is 4.60. The van der Waals surface area contributed by atoms with Crippen LogP contribution in [0.3, 0.4) is 0 Å². The molecule has 0 saturated carbocycles. The Morgan fingerprint density at radius 3 is 2.21 bits per heavy atom. The summed E-state index contributed by atoms with van der Waals surface area (Å²) < 4.78 is 40.1. The zero-order chi connectivity index (χ0) is 21.1. The van der Waals surface area contributed by atoms with E-state index in [0.717, 1.165) is 17.2 Å². The van der Waals surface area contributed by atoms with Crippen LogP contribution in [0.15, 0.2) is 48.7 Å². The summed E-state index contributed by atoms with van der Waals surface area (Å²) in [6, 6.07) is 9.76. The second-order valence-electron chi connectivity index (χ2n) is 6.44. The first-order valence-corrected chi connectivity index (χ1v) is 8.55. The van der Waals surface area contributed by atoms with Crippen molar-refractivity contribution in [1.82, 2.24) is 4.98 Å². The van der Waals surface area contributed by atoms with Crippen LogP contribution in [0.4, 0.5) is 24.5 Å². The van der Waals surface area contributed by atoms with E-state index in [1.54, 1.807) is 12.1 Å². The molecule has 5 nitrogen and oxygen atoms in total. The molecule has 2 aromatic carbocycles. The van der Waals surface area contributed by atoms with Gasteiger partial charge in [0.1, 0.15) is 5.69 Å². The number of aromatic nitrogens is 1. The minimum Gasteiger partial charge on any atom is -0.322 e. The smallest absolute Gasteiger partial charge is 0.274 e. The lowest BCUT2D eigenvalue weighted by Crippen LogP contribution is -2.18. The van der Waals surface area contributed by atoms with Crippen LogP contribution in [0.25, 0.3) is 0 Å². The summed E-state index contributed by atoms with van der Waals surface area (Å²) in [6.45, 7) is 3.80. The number of benzene rings is 2. The summed E-state index contributed by atoms with van der Waals surface area (Å²) >= 11 is 0. The van der Waals surface area contributed by atoms with Gasteiger partial charge in [-0.1, -0.05) is 6.07 Å².